The molecule has 0 bridgehead atoms. The van der Waals surface area contributed by atoms with E-state index in [0.29, 0.717) is 16.7 Å². The number of likely N-dealkylation sites (N-methyl/N-ethyl adjacent to an activating group) is 1. The number of aromatic amines is 1. The van der Waals surface area contributed by atoms with E-state index in [1.165, 1.54) is 0 Å². The number of nitrogens with zero attached hydrogens (tertiary/aromatic N) is 5. The van der Waals surface area contributed by atoms with Crippen LogP contribution in [0.4, 0.5) is 17.5 Å². The van der Waals surface area contributed by atoms with Crippen LogP contribution in [-0.4, -0.2) is 58.3 Å². The van der Waals surface area contributed by atoms with Crippen molar-refractivity contribution in [2.24, 2.45) is 0 Å². The highest BCUT2D eigenvalue weighted by molar-refractivity contribution is 6.30. The molecule has 1 saturated heterocycles. The molecule has 3 heterocycles. The van der Waals surface area contributed by atoms with Gasteiger partial charge in [0.25, 0.3) is 0 Å². The third kappa shape index (κ3) is 4.20. The summed E-state index contributed by atoms with van der Waals surface area (Å²) in [5.41, 5.74) is 1.88. The summed E-state index contributed by atoms with van der Waals surface area (Å²) in [5, 5.41) is 11.1. The summed E-state index contributed by atoms with van der Waals surface area (Å²) < 4.78 is 0. The normalized spacial score (nSPS) is 15.1. The van der Waals surface area contributed by atoms with Crippen molar-refractivity contribution in [3.05, 3.63) is 47.1 Å². The molecule has 0 radical (unpaired) electrons. The molecule has 7 nitrogen and oxygen atoms in total. The Balaban J connectivity index is 1.71. The zero-order valence-electron chi connectivity index (χ0n) is 15.4. The molecule has 140 valence electrons. The summed E-state index contributed by atoms with van der Waals surface area (Å²) in [6.07, 6.45) is 0. The molecular formula is C19H22ClN7. The van der Waals surface area contributed by atoms with Crippen molar-refractivity contribution in [3.8, 4) is 11.4 Å². The average Bonchev–Trinajstić information content (AvgIpc) is 3.07. The van der Waals surface area contributed by atoms with Gasteiger partial charge in [0.05, 0.1) is 0 Å². The molecule has 3 aromatic rings. The monoisotopic (exact) mass is 383 g/mol. The van der Waals surface area contributed by atoms with Gasteiger partial charge in [-0.1, -0.05) is 23.7 Å². The van der Waals surface area contributed by atoms with Crippen LogP contribution < -0.4 is 10.2 Å². The van der Waals surface area contributed by atoms with E-state index in [1.807, 2.05) is 43.3 Å². The molecule has 1 fully saturated rings. The first-order valence-corrected chi connectivity index (χ1v) is 9.32. The van der Waals surface area contributed by atoms with Crippen LogP contribution in [0.5, 0.6) is 0 Å². The van der Waals surface area contributed by atoms with Crippen molar-refractivity contribution in [3.63, 3.8) is 0 Å². The number of nitrogens with one attached hydrogen (secondary N) is 2. The van der Waals surface area contributed by atoms with Crippen molar-refractivity contribution in [1.82, 2.24) is 25.1 Å². The number of benzene rings is 1. The standard InChI is InChI=1S/C19H22ClN7/c1-13-10-17(25-24-13)21-16-12-18(27-8-6-26(2)7-9-27)23-19(22-16)14-4-3-5-15(20)11-14/h3-5,10-12H,6-9H2,1-2H3,(H2,21,22,23,24,25). The molecule has 1 aliphatic rings. The smallest absolute Gasteiger partial charge is 0.163 e. The Morgan fingerprint density at radius 2 is 1.85 bits per heavy atom. The topological polar surface area (TPSA) is 73.0 Å². The highest BCUT2D eigenvalue weighted by atomic mass is 35.5. The number of aryl methyl sites for hydroxylation is 1. The fourth-order valence-corrected chi connectivity index (χ4v) is 3.26. The number of rotatable bonds is 4. The molecule has 0 aliphatic carbocycles. The fourth-order valence-electron chi connectivity index (χ4n) is 3.07. The number of piperazine rings is 1. The summed E-state index contributed by atoms with van der Waals surface area (Å²) in [5.74, 6) is 2.99. The molecule has 4 rings (SSSR count). The Hall–Kier alpha value is -2.64. The van der Waals surface area contributed by atoms with Gasteiger partial charge in [-0.25, -0.2) is 9.97 Å². The molecule has 2 N–H and O–H groups in total. The van der Waals surface area contributed by atoms with Crippen molar-refractivity contribution < 1.29 is 0 Å². The Morgan fingerprint density at radius 3 is 2.56 bits per heavy atom. The summed E-state index contributed by atoms with van der Waals surface area (Å²) >= 11 is 6.17. The Bertz CT molecular complexity index is 931. The second-order valence-corrected chi connectivity index (χ2v) is 7.23. The maximum absolute atomic E-state index is 6.17. The van der Waals surface area contributed by atoms with Crippen LogP contribution in [0.25, 0.3) is 11.4 Å². The van der Waals surface area contributed by atoms with Crippen LogP contribution in [0.1, 0.15) is 5.69 Å². The van der Waals surface area contributed by atoms with Crippen LogP contribution in [-0.2, 0) is 0 Å². The van der Waals surface area contributed by atoms with Crippen LogP contribution in [0, 0.1) is 6.92 Å². The first-order chi connectivity index (χ1) is 13.1. The van der Waals surface area contributed by atoms with Crippen molar-refractivity contribution >= 4 is 29.1 Å². The number of aromatic nitrogens is 4. The van der Waals surface area contributed by atoms with E-state index < -0.39 is 0 Å². The van der Waals surface area contributed by atoms with E-state index in [-0.39, 0.29) is 0 Å². The van der Waals surface area contributed by atoms with Gasteiger partial charge in [-0.2, -0.15) is 5.10 Å². The first-order valence-electron chi connectivity index (χ1n) is 8.94. The van der Waals surface area contributed by atoms with Gasteiger partial charge in [0.1, 0.15) is 11.6 Å². The Labute approximate surface area is 163 Å². The third-order valence-electron chi connectivity index (χ3n) is 4.58. The average molecular weight is 384 g/mol. The van der Waals surface area contributed by atoms with Gasteiger partial charge < -0.3 is 15.1 Å². The minimum Gasteiger partial charge on any atom is -0.354 e. The molecule has 0 amide bonds. The number of halogens is 1. The number of hydrogen-bond acceptors (Lipinski definition) is 6. The Morgan fingerprint density at radius 1 is 1.04 bits per heavy atom. The van der Waals surface area contributed by atoms with Gasteiger partial charge in [-0.15, -0.1) is 0 Å². The summed E-state index contributed by atoms with van der Waals surface area (Å²) in [4.78, 5) is 14.1. The molecule has 2 aromatic heterocycles. The van der Waals surface area contributed by atoms with Gasteiger partial charge in [0, 0.05) is 54.6 Å². The van der Waals surface area contributed by atoms with E-state index in [9.17, 15) is 0 Å². The molecule has 0 unspecified atom stereocenters. The van der Waals surface area contributed by atoms with Crippen molar-refractivity contribution in [1.29, 1.82) is 0 Å². The lowest BCUT2D eigenvalue weighted by Gasteiger charge is -2.33. The number of H-pyrrole nitrogens is 1. The predicted octanol–water partition coefficient (Wildman–Crippen LogP) is 3.32. The summed E-state index contributed by atoms with van der Waals surface area (Å²) in [7, 11) is 2.14. The predicted molar refractivity (Wildman–Crippen MR) is 109 cm³/mol. The number of anilines is 3. The fraction of sp³-hybridized carbons (Fsp3) is 0.316. The second kappa shape index (κ2) is 7.54. The summed E-state index contributed by atoms with van der Waals surface area (Å²) in [6.45, 7) is 5.85. The Kier molecular flexibility index (Phi) is 4.96. The first kappa shape index (κ1) is 17.8. The van der Waals surface area contributed by atoms with Gasteiger partial charge in [-0.3, -0.25) is 5.10 Å². The SMILES string of the molecule is Cc1cc(Nc2cc(N3CCN(C)CC3)nc(-c3cccc(Cl)c3)n2)n[nH]1. The van der Waals surface area contributed by atoms with Gasteiger partial charge in [-0.05, 0) is 26.1 Å². The minimum absolute atomic E-state index is 0.642. The van der Waals surface area contributed by atoms with Crippen LogP contribution in [0.3, 0.4) is 0 Å². The van der Waals surface area contributed by atoms with E-state index in [4.69, 9.17) is 16.6 Å². The molecular weight excluding hydrogens is 362 g/mol. The lowest BCUT2D eigenvalue weighted by atomic mass is 10.2. The molecule has 1 aromatic carbocycles. The van der Waals surface area contributed by atoms with Gasteiger partial charge >= 0.3 is 0 Å². The molecule has 1 aliphatic heterocycles. The van der Waals surface area contributed by atoms with E-state index in [2.05, 4.69) is 37.3 Å². The van der Waals surface area contributed by atoms with Crippen molar-refractivity contribution in [2.45, 2.75) is 6.92 Å². The summed E-state index contributed by atoms with van der Waals surface area (Å²) in [6, 6.07) is 11.5. The minimum atomic E-state index is 0.642. The van der Waals surface area contributed by atoms with Crippen LogP contribution >= 0.6 is 11.6 Å². The number of hydrogen-bond donors (Lipinski definition) is 2. The zero-order chi connectivity index (χ0) is 18.8. The molecule has 27 heavy (non-hydrogen) atoms. The molecule has 0 saturated carbocycles. The highest BCUT2D eigenvalue weighted by Gasteiger charge is 2.18. The third-order valence-corrected chi connectivity index (χ3v) is 4.82. The van der Waals surface area contributed by atoms with Crippen LogP contribution in [0.15, 0.2) is 36.4 Å². The van der Waals surface area contributed by atoms with E-state index in [1.54, 1.807) is 0 Å². The van der Waals surface area contributed by atoms with Gasteiger partial charge in [0.15, 0.2) is 11.6 Å². The maximum Gasteiger partial charge on any atom is 0.163 e. The zero-order valence-corrected chi connectivity index (χ0v) is 16.2. The largest absolute Gasteiger partial charge is 0.354 e. The highest BCUT2D eigenvalue weighted by Crippen LogP contribution is 2.26. The lowest BCUT2D eigenvalue weighted by Crippen LogP contribution is -2.44. The second-order valence-electron chi connectivity index (χ2n) is 6.80. The maximum atomic E-state index is 6.17. The van der Waals surface area contributed by atoms with E-state index in [0.717, 1.165) is 49.1 Å². The van der Waals surface area contributed by atoms with E-state index >= 15 is 0 Å². The molecule has 8 heteroatoms. The quantitative estimate of drug-likeness (QED) is 0.720. The van der Waals surface area contributed by atoms with Crippen LogP contribution in [0.2, 0.25) is 5.02 Å². The van der Waals surface area contributed by atoms with Crippen molar-refractivity contribution in [2.75, 3.05) is 43.4 Å². The van der Waals surface area contributed by atoms with Gasteiger partial charge in [0.2, 0.25) is 0 Å². The lowest BCUT2D eigenvalue weighted by molar-refractivity contribution is 0.312. The molecule has 0 atom stereocenters. The molecule has 0 spiro atoms.